The van der Waals surface area contributed by atoms with Crippen LogP contribution in [0.25, 0.3) is 22.0 Å². The number of oxazole rings is 1. The predicted octanol–water partition coefficient (Wildman–Crippen LogP) is 2.99. The highest BCUT2D eigenvalue weighted by atomic mass is 16.3. The summed E-state index contributed by atoms with van der Waals surface area (Å²) < 4.78 is 5.99. The number of nitrogens with zero attached hydrogens (tertiary/aromatic N) is 4. The molecule has 0 unspecified atom stereocenters. The van der Waals surface area contributed by atoms with Crippen LogP contribution in [0.4, 0.5) is 11.5 Å². The molecule has 4 rings (SSSR count). The van der Waals surface area contributed by atoms with Crippen LogP contribution in [0.1, 0.15) is 33.6 Å². The number of nitrogens with two attached hydrogens (primary N) is 1. The number of hydrogen-bond acceptors (Lipinski definition) is 7. The molecule has 0 radical (unpaired) electrons. The van der Waals surface area contributed by atoms with Gasteiger partial charge in [-0.3, -0.25) is 4.90 Å². The molecule has 7 heteroatoms. The number of fused-ring (bicyclic) bond motifs is 3. The minimum atomic E-state index is 0.216. The van der Waals surface area contributed by atoms with Gasteiger partial charge < -0.3 is 20.4 Å². The van der Waals surface area contributed by atoms with Gasteiger partial charge in [0.1, 0.15) is 0 Å². The zero-order valence-corrected chi connectivity index (χ0v) is 17.2. The zero-order valence-electron chi connectivity index (χ0n) is 17.2. The van der Waals surface area contributed by atoms with E-state index in [2.05, 4.69) is 71.0 Å². The summed E-state index contributed by atoms with van der Waals surface area (Å²) in [5, 5.41) is 4.19. The van der Waals surface area contributed by atoms with Crippen LogP contribution in [-0.4, -0.2) is 53.1 Å². The first-order valence-corrected chi connectivity index (χ1v) is 10.1. The number of aromatic nitrogens is 2. The van der Waals surface area contributed by atoms with Crippen LogP contribution < -0.4 is 16.0 Å². The normalized spacial score (nSPS) is 16.4. The third kappa shape index (κ3) is 3.52. The summed E-state index contributed by atoms with van der Waals surface area (Å²) in [6, 6.07) is 6.35. The number of piperazine rings is 1. The topological polar surface area (TPSA) is 83.4 Å². The quantitative estimate of drug-likeness (QED) is 0.718. The first-order valence-electron chi connectivity index (χ1n) is 10.1. The summed E-state index contributed by atoms with van der Waals surface area (Å²) in [4.78, 5) is 14.1. The van der Waals surface area contributed by atoms with E-state index >= 15 is 0 Å². The molecule has 0 aliphatic carbocycles. The highest BCUT2D eigenvalue weighted by Gasteiger charge is 2.26. The Kier molecular flexibility index (Phi) is 4.89. The number of nitrogen functional groups attached to an aromatic ring is 1. The molecular formula is C21H30N6O. The Bertz CT molecular complexity index is 982. The minimum Gasteiger partial charge on any atom is -0.438 e. The molecule has 28 heavy (non-hydrogen) atoms. The van der Waals surface area contributed by atoms with Gasteiger partial charge in [0.25, 0.3) is 0 Å². The van der Waals surface area contributed by atoms with Crippen molar-refractivity contribution in [3.05, 3.63) is 24.1 Å². The number of pyridine rings is 1. The Hall–Kier alpha value is -2.38. The highest BCUT2D eigenvalue weighted by Crippen LogP contribution is 2.31. The van der Waals surface area contributed by atoms with Crippen molar-refractivity contribution in [3.8, 4) is 0 Å². The number of anilines is 2. The monoisotopic (exact) mass is 382 g/mol. The van der Waals surface area contributed by atoms with Crippen molar-refractivity contribution in [2.75, 3.05) is 43.4 Å². The Labute approximate surface area is 165 Å². The molecule has 3 aromatic rings. The van der Waals surface area contributed by atoms with Crippen molar-refractivity contribution < 1.29 is 4.42 Å². The third-order valence-electron chi connectivity index (χ3n) is 5.50. The SMILES string of the molecule is CCNCc1nc2c(N)nc3cc(N4CCN(C(C)(C)C)CC4)ccc3c2o1. The molecule has 1 fully saturated rings. The van der Waals surface area contributed by atoms with Gasteiger partial charge in [-0.2, -0.15) is 0 Å². The lowest BCUT2D eigenvalue weighted by Crippen LogP contribution is -2.53. The molecule has 0 spiro atoms. The lowest BCUT2D eigenvalue weighted by atomic mass is 10.0. The smallest absolute Gasteiger partial charge is 0.209 e. The molecule has 1 saturated heterocycles. The van der Waals surface area contributed by atoms with E-state index in [0.717, 1.165) is 49.2 Å². The van der Waals surface area contributed by atoms with Crippen LogP contribution in [0.5, 0.6) is 0 Å². The summed E-state index contributed by atoms with van der Waals surface area (Å²) in [6.07, 6.45) is 0. The minimum absolute atomic E-state index is 0.216. The molecule has 1 aliphatic heterocycles. The van der Waals surface area contributed by atoms with Gasteiger partial charge in [0.15, 0.2) is 16.9 Å². The van der Waals surface area contributed by atoms with Gasteiger partial charge in [-0.1, -0.05) is 6.92 Å². The van der Waals surface area contributed by atoms with Crippen molar-refractivity contribution in [1.29, 1.82) is 0 Å². The van der Waals surface area contributed by atoms with E-state index in [4.69, 9.17) is 10.2 Å². The molecule has 3 heterocycles. The molecule has 150 valence electrons. The number of rotatable bonds is 4. The fourth-order valence-corrected chi connectivity index (χ4v) is 3.85. The van der Waals surface area contributed by atoms with Gasteiger partial charge in [-0.15, -0.1) is 0 Å². The van der Waals surface area contributed by atoms with E-state index in [1.54, 1.807) is 0 Å². The van der Waals surface area contributed by atoms with E-state index in [9.17, 15) is 0 Å². The summed E-state index contributed by atoms with van der Waals surface area (Å²) in [6.45, 7) is 14.5. The van der Waals surface area contributed by atoms with E-state index in [1.165, 1.54) is 5.69 Å². The van der Waals surface area contributed by atoms with Crippen LogP contribution in [0.2, 0.25) is 0 Å². The first-order chi connectivity index (χ1) is 13.4. The standard InChI is InChI=1S/C21H30N6O/c1-5-23-13-17-25-18-19(28-17)15-7-6-14(12-16(15)24-20(18)22)26-8-10-27(11-9-26)21(2,3)4/h6-7,12,23H,5,8-11,13H2,1-4H3,(H2,22,24). The van der Waals surface area contributed by atoms with Gasteiger partial charge in [-0.05, 0) is 45.5 Å². The molecule has 0 bridgehead atoms. The van der Waals surface area contributed by atoms with Gasteiger partial charge in [-0.25, -0.2) is 9.97 Å². The lowest BCUT2D eigenvalue weighted by molar-refractivity contribution is 0.128. The Morgan fingerprint density at radius 2 is 1.89 bits per heavy atom. The second kappa shape index (κ2) is 7.22. The average Bonchev–Trinajstić information content (AvgIpc) is 3.10. The van der Waals surface area contributed by atoms with Crippen LogP contribution in [-0.2, 0) is 6.54 Å². The molecule has 7 nitrogen and oxygen atoms in total. The maximum atomic E-state index is 6.18. The molecule has 0 atom stereocenters. The van der Waals surface area contributed by atoms with Gasteiger partial charge in [0, 0.05) is 42.8 Å². The highest BCUT2D eigenvalue weighted by molar-refractivity contribution is 6.05. The van der Waals surface area contributed by atoms with E-state index in [1.807, 2.05) is 0 Å². The average molecular weight is 383 g/mol. The molecule has 2 aromatic heterocycles. The maximum Gasteiger partial charge on any atom is 0.209 e. The number of nitrogens with one attached hydrogen (secondary N) is 1. The van der Waals surface area contributed by atoms with Crippen molar-refractivity contribution in [1.82, 2.24) is 20.2 Å². The number of hydrogen-bond donors (Lipinski definition) is 2. The van der Waals surface area contributed by atoms with Crippen molar-refractivity contribution in [2.24, 2.45) is 0 Å². The largest absolute Gasteiger partial charge is 0.438 e. The lowest BCUT2D eigenvalue weighted by Gasteiger charge is -2.43. The summed E-state index contributed by atoms with van der Waals surface area (Å²) in [7, 11) is 0. The van der Waals surface area contributed by atoms with Gasteiger partial charge >= 0.3 is 0 Å². The molecule has 1 aromatic carbocycles. The van der Waals surface area contributed by atoms with Crippen LogP contribution >= 0.6 is 0 Å². The molecule has 1 aliphatic rings. The van der Waals surface area contributed by atoms with E-state index in [0.29, 0.717) is 23.8 Å². The first kappa shape index (κ1) is 19.0. The van der Waals surface area contributed by atoms with Crippen LogP contribution in [0, 0.1) is 0 Å². The van der Waals surface area contributed by atoms with Gasteiger partial charge in [0.2, 0.25) is 5.89 Å². The molecule has 0 amide bonds. The summed E-state index contributed by atoms with van der Waals surface area (Å²) >= 11 is 0. The fourth-order valence-electron chi connectivity index (χ4n) is 3.85. The molecule has 0 saturated carbocycles. The van der Waals surface area contributed by atoms with Crippen molar-refractivity contribution in [2.45, 2.75) is 39.8 Å². The molecule has 3 N–H and O–H groups in total. The molecular weight excluding hydrogens is 352 g/mol. The Morgan fingerprint density at radius 3 is 2.57 bits per heavy atom. The second-order valence-electron chi connectivity index (χ2n) is 8.41. The maximum absolute atomic E-state index is 6.18. The number of benzene rings is 1. The summed E-state index contributed by atoms with van der Waals surface area (Å²) in [5.41, 5.74) is 9.80. The second-order valence-corrected chi connectivity index (χ2v) is 8.41. The fraction of sp³-hybridized carbons (Fsp3) is 0.524. The Morgan fingerprint density at radius 1 is 1.14 bits per heavy atom. The summed E-state index contributed by atoms with van der Waals surface area (Å²) in [5.74, 6) is 1.06. The predicted molar refractivity (Wildman–Crippen MR) is 115 cm³/mol. The van der Waals surface area contributed by atoms with Crippen LogP contribution in [0.15, 0.2) is 22.6 Å². The van der Waals surface area contributed by atoms with Crippen molar-refractivity contribution >= 4 is 33.5 Å². The third-order valence-corrected chi connectivity index (χ3v) is 5.50. The van der Waals surface area contributed by atoms with Gasteiger partial charge in [0.05, 0.1) is 12.1 Å². The van der Waals surface area contributed by atoms with E-state index in [-0.39, 0.29) is 5.54 Å². The Balaban J connectivity index is 1.63. The van der Waals surface area contributed by atoms with Crippen molar-refractivity contribution in [3.63, 3.8) is 0 Å². The zero-order chi connectivity index (χ0) is 19.9. The van der Waals surface area contributed by atoms with Crippen LogP contribution in [0.3, 0.4) is 0 Å². The van der Waals surface area contributed by atoms with E-state index < -0.39 is 0 Å².